The number of hydrogen-bond acceptors (Lipinski definition) is 2. The van der Waals surface area contributed by atoms with E-state index >= 15 is 0 Å². The minimum Gasteiger partial charge on any atom is -0.396 e. The molecule has 0 unspecified atom stereocenters. The van der Waals surface area contributed by atoms with Crippen LogP contribution >= 0.6 is 0 Å². The maximum absolute atomic E-state index is 8.81. The molecule has 0 amide bonds. The lowest BCUT2D eigenvalue weighted by Crippen LogP contribution is -1.91. The highest BCUT2D eigenvalue weighted by Gasteiger charge is 2.01. The molecule has 0 fully saturated rings. The molecule has 0 bridgehead atoms. The molecule has 0 saturated heterocycles. The summed E-state index contributed by atoms with van der Waals surface area (Å²) in [6.45, 7) is 2.40. The molecule has 1 aromatic carbocycles. The minimum atomic E-state index is 0.255. The Morgan fingerprint density at radius 1 is 1.25 bits per heavy atom. The van der Waals surface area contributed by atoms with Gasteiger partial charge < -0.3 is 5.11 Å². The molecule has 2 aromatic rings. The molecule has 1 heterocycles. The van der Waals surface area contributed by atoms with Gasteiger partial charge >= 0.3 is 0 Å². The molecule has 0 saturated carbocycles. The average Bonchev–Trinajstić information content (AvgIpc) is 2.35. The van der Waals surface area contributed by atoms with Crippen molar-refractivity contribution in [2.75, 3.05) is 6.61 Å². The molecule has 84 valence electrons. The molecule has 0 radical (unpaired) electrons. The van der Waals surface area contributed by atoms with Gasteiger partial charge in [-0.2, -0.15) is 0 Å². The van der Waals surface area contributed by atoms with Gasteiger partial charge in [-0.25, -0.2) is 0 Å². The Balaban J connectivity index is 2.39. The van der Waals surface area contributed by atoms with Gasteiger partial charge in [-0.15, -0.1) is 0 Å². The van der Waals surface area contributed by atoms with E-state index in [1.54, 1.807) is 0 Å². The molecule has 2 heteroatoms. The van der Waals surface area contributed by atoms with Crippen molar-refractivity contribution < 1.29 is 5.11 Å². The number of rotatable bonds is 4. The van der Waals surface area contributed by atoms with Crippen LogP contribution in [0.5, 0.6) is 0 Å². The highest BCUT2D eigenvalue weighted by Crippen LogP contribution is 2.20. The first-order chi connectivity index (χ1) is 7.85. The van der Waals surface area contributed by atoms with Crippen molar-refractivity contribution >= 4 is 10.8 Å². The fourth-order valence-corrected chi connectivity index (χ4v) is 2.01. The molecular weight excluding hydrogens is 198 g/mol. The normalized spacial score (nSPS) is 10.9. The van der Waals surface area contributed by atoms with Gasteiger partial charge in [-0.05, 0) is 41.8 Å². The molecule has 0 aliphatic carbocycles. The number of aromatic nitrogens is 1. The van der Waals surface area contributed by atoms with Gasteiger partial charge in [0, 0.05) is 24.4 Å². The Morgan fingerprint density at radius 2 is 2.12 bits per heavy atom. The summed E-state index contributed by atoms with van der Waals surface area (Å²) in [5.41, 5.74) is 2.57. The third kappa shape index (κ3) is 2.22. The predicted molar refractivity (Wildman–Crippen MR) is 66.5 cm³/mol. The molecule has 2 nitrogen and oxygen atoms in total. The first-order valence-corrected chi connectivity index (χ1v) is 5.81. The van der Waals surface area contributed by atoms with Crippen molar-refractivity contribution in [3.05, 3.63) is 41.7 Å². The van der Waals surface area contributed by atoms with Crippen LogP contribution in [0.4, 0.5) is 0 Å². The highest BCUT2D eigenvalue weighted by atomic mass is 16.2. The van der Waals surface area contributed by atoms with E-state index in [1.165, 1.54) is 21.9 Å². The van der Waals surface area contributed by atoms with Gasteiger partial charge in [-0.1, -0.05) is 19.1 Å². The van der Waals surface area contributed by atoms with E-state index in [9.17, 15) is 0 Å². The van der Waals surface area contributed by atoms with E-state index in [0.717, 1.165) is 19.3 Å². The number of aliphatic hydroxyl groups excluding tert-OH is 1. The number of hydrogen-bond donors (Lipinski definition) is 1. The molecule has 2 rings (SSSR count). The molecule has 1 N–H and O–H groups in total. The fraction of sp³-hybridized carbons (Fsp3) is 0.357. The van der Waals surface area contributed by atoms with Gasteiger partial charge in [0.25, 0.3) is 0 Å². The van der Waals surface area contributed by atoms with Gasteiger partial charge in [-0.3, -0.25) is 4.98 Å². The van der Waals surface area contributed by atoms with Crippen LogP contribution in [-0.4, -0.2) is 16.7 Å². The van der Waals surface area contributed by atoms with Crippen molar-refractivity contribution in [2.45, 2.75) is 26.2 Å². The zero-order chi connectivity index (χ0) is 11.4. The van der Waals surface area contributed by atoms with Crippen molar-refractivity contribution in [1.29, 1.82) is 0 Å². The Morgan fingerprint density at radius 3 is 2.88 bits per heavy atom. The Kier molecular flexibility index (Phi) is 3.52. The van der Waals surface area contributed by atoms with E-state index in [-0.39, 0.29) is 6.61 Å². The number of pyridine rings is 1. The van der Waals surface area contributed by atoms with Crippen LogP contribution in [0.3, 0.4) is 0 Å². The quantitative estimate of drug-likeness (QED) is 0.850. The number of aliphatic hydroxyl groups is 1. The number of nitrogens with zero attached hydrogens (tertiary/aromatic N) is 1. The summed E-state index contributed by atoms with van der Waals surface area (Å²) in [6.07, 6.45) is 6.63. The van der Waals surface area contributed by atoms with Gasteiger partial charge in [0.2, 0.25) is 0 Å². The van der Waals surface area contributed by atoms with Crippen molar-refractivity contribution in [3.8, 4) is 0 Å². The van der Waals surface area contributed by atoms with Crippen LogP contribution < -0.4 is 0 Å². The molecule has 1 aromatic heterocycles. The lowest BCUT2D eigenvalue weighted by molar-refractivity contribution is 0.288. The molecule has 0 atom stereocenters. The average molecular weight is 215 g/mol. The zero-order valence-corrected chi connectivity index (χ0v) is 9.61. The van der Waals surface area contributed by atoms with E-state index in [1.807, 2.05) is 12.4 Å². The van der Waals surface area contributed by atoms with Crippen LogP contribution in [0.25, 0.3) is 10.8 Å². The molecule has 0 spiro atoms. The summed E-state index contributed by atoms with van der Waals surface area (Å²) in [4.78, 5) is 4.26. The first kappa shape index (κ1) is 11.1. The monoisotopic (exact) mass is 215 g/mol. The smallest absolute Gasteiger partial charge is 0.0434 e. The largest absolute Gasteiger partial charge is 0.396 e. The second kappa shape index (κ2) is 5.08. The van der Waals surface area contributed by atoms with E-state index in [2.05, 4.69) is 30.1 Å². The number of benzene rings is 1. The van der Waals surface area contributed by atoms with E-state index in [0.29, 0.717) is 0 Å². The minimum absolute atomic E-state index is 0.255. The Labute approximate surface area is 96.0 Å². The lowest BCUT2D eigenvalue weighted by Gasteiger charge is -2.06. The number of aryl methyl sites for hydroxylation is 2. The van der Waals surface area contributed by atoms with Crippen LogP contribution in [0.1, 0.15) is 24.5 Å². The molecular formula is C14H17NO. The van der Waals surface area contributed by atoms with Crippen LogP contribution in [-0.2, 0) is 12.8 Å². The first-order valence-electron chi connectivity index (χ1n) is 5.81. The third-order valence-corrected chi connectivity index (χ3v) is 2.91. The maximum atomic E-state index is 8.81. The molecule has 0 aliphatic rings. The summed E-state index contributed by atoms with van der Waals surface area (Å²) >= 11 is 0. The standard InChI is InChI=1S/C14H17NO/c1-2-12-9-15-10-13-8-11(4-3-7-16)5-6-14(12)13/h5-6,8-10,16H,2-4,7H2,1H3. The lowest BCUT2D eigenvalue weighted by atomic mass is 10.0. The van der Waals surface area contributed by atoms with Gasteiger partial charge in [0.05, 0.1) is 0 Å². The van der Waals surface area contributed by atoms with Crippen LogP contribution in [0.15, 0.2) is 30.6 Å². The Bertz CT molecular complexity index is 479. The summed E-state index contributed by atoms with van der Waals surface area (Å²) in [7, 11) is 0. The van der Waals surface area contributed by atoms with Gasteiger partial charge in [0.15, 0.2) is 0 Å². The van der Waals surface area contributed by atoms with Gasteiger partial charge in [0.1, 0.15) is 0 Å². The second-order valence-corrected chi connectivity index (χ2v) is 4.03. The summed E-state index contributed by atoms with van der Waals surface area (Å²) in [5, 5.41) is 11.3. The Hall–Kier alpha value is -1.41. The van der Waals surface area contributed by atoms with Crippen molar-refractivity contribution in [3.63, 3.8) is 0 Å². The highest BCUT2D eigenvalue weighted by molar-refractivity contribution is 5.85. The maximum Gasteiger partial charge on any atom is 0.0434 e. The van der Waals surface area contributed by atoms with Crippen LogP contribution in [0, 0.1) is 0 Å². The summed E-state index contributed by atoms with van der Waals surface area (Å²) in [5.74, 6) is 0. The van der Waals surface area contributed by atoms with E-state index in [4.69, 9.17) is 5.11 Å². The summed E-state index contributed by atoms with van der Waals surface area (Å²) < 4.78 is 0. The third-order valence-electron chi connectivity index (χ3n) is 2.91. The second-order valence-electron chi connectivity index (χ2n) is 4.03. The molecule has 0 aliphatic heterocycles. The van der Waals surface area contributed by atoms with Crippen LogP contribution in [0.2, 0.25) is 0 Å². The zero-order valence-electron chi connectivity index (χ0n) is 9.61. The number of fused-ring (bicyclic) bond motifs is 1. The van der Waals surface area contributed by atoms with Crippen molar-refractivity contribution in [2.24, 2.45) is 0 Å². The predicted octanol–water partition coefficient (Wildman–Crippen LogP) is 2.72. The van der Waals surface area contributed by atoms with E-state index < -0.39 is 0 Å². The SMILES string of the molecule is CCc1cncc2cc(CCCO)ccc12. The summed E-state index contributed by atoms with van der Waals surface area (Å²) in [6, 6.07) is 6.50. The molecule has 16 heavy (non-hydrogen) atoms. The fourth-order valence-electron chi connectivity index (χ4n) is 2.01. The van der Waals surface area contributed by atoms with Crippen molar-refractivity contribution in [1.82, 2.24) is 4.98 Å². The topological polar surface area (TPSA) is 33.1 Å².